The topological polar surface area (TPSA) is 148 Å². The Morgan fingerprint density at radius 2 is 1.56 bits per heavy atom. The summed E-state index contributed by atoms with van der Waals surface area (Å²) in [5, 5.41) is 11.0. The largest absolute Gasteiger partial charge is 0.478 e. The SMILES string of the molecule is O=C(O)c1ccc(-n2c(=O)n3n(c2=O)CCN(c2ccc(N4CC(CNC(=O)C(F)F)OC4=O)cc2F)CC3)cc1. The normalized spacial score (nSPS) is 16.9. The predicted molar refractivity (Wildman–Crippen MR) is 136 cm³/mol. The molecule has 1 aromatic heterocycles. The zero-order valence-electron chi connectivity index (χ0n) is 21.2. The van der Waals surface area contributed by atoms with E-state index in [-0.39, 0.29) is 61.9 Å². The summed E-state index contributed by atoms with van der Waals surface area (Å²) in [4.78, 5) is 63.3. The van der Waals surface area contributed by atoms with Crippen LogP contribution in [-0.2, 0) is 22.6 Å². The van der Waals surface area contributed by atoms with Crippen molar-refractivity contribution in [2.45, 2.75) is 25.6 Å². The van der Waals surface area contributed by atoms with Crippen LogP contribution in [0.1, 0.15) is 10.4 Å². The quantitative estimate of drug-likeness (QED) is 0.421. The minimum atomic E-state index is -3.20. The molecule has 2 aliphatic rings. The molecule has 41 heavy (non-hydrogen) atoms. The Morgan fingerprint density at radius 3 is 2.12 bits per heavy atom. The molecular weight excluding hydrogens is 553 g/mol. The first-order chi connectivity index (χ1) is 19.5. The van der Waals surface area contributed by atoms with Gasteiger partial charge in [-0.25, -0.2) is 37.5 Å². The second-order valence-electron chi connectivity index (χ2n) is 9.28. The Bertz CT molecular complexity index is 1590. The third-order valence-corrected chi connectivity index (χ3v) is 6.81. The molecule has 3 aromatic rings. The molecular formula is C25H23F3N6O7. The molecule has 1 atom stereocenters. The molecule has 0 bridgehead atoms. The van der Waals surface area contributed by atoms with Crippen molar-refractivity contribution in [3.05, 3.63) is 74.8 Å². The minimum Gasteiger partial charge on any atom is -0.478 e. The minimum absolute atomic E-state index is 0.00570. The standard InChI is InChI=1S/C25H23F3N6O7/c26-18-11-16(31-13-17(41-25(31)40)12-29-21(35)20(27)28)5-6-19(18)30-7-9-32-23(38)34(24(39)33(32)10-8-30)15-3-1-14(2-4-15)22(36)37/h1-6,11,17,20H,7-10,12-13H2,(H,29,35)(H,36,37). The van der Waals surface area contributed by atoms with E-state index < -0.39 is 47.7 Å². The number of aromatic nitrogens is 3. The number of ether oxygens (including phenoxy) is 1. The third kappa shape index (κ3) is 5.27. The maximum Gasteiger partial charge on any atom is 0.414 e. The van der Waals surface area contributed by atoms with Gasteiger partial charge in [0.1, 0.15) is 11.9 Å². The summed E-state index contributed by atoms with van der Waals surface area (Å²) in [6.45, 7) is 0.0498. The van der Waals surface area contributed by atoms with Crippen LogP contribution in [-0.4, -0.2) is 75.7 Å². The number of hydrogen-bond donors (Lipinski definition) is 2. The number of nitrogens with one attached hydrogen (secondary N) is 1. The van der Waals surface area contributed by atoms with E-state index in [1.54, 1.807) is 4.90 Å². The highest BCUT2D eigenvalue weighted by Gasteiger charge is 2.34. The van der Waals surface area contributed by atoms with Crippen molar-refractivity contribution in [2.75, 3.05) is 36.0 Å². The number of anilines is 2. The van der Waals surface area contributed by atoms with Gasteiger partial charge in [-0.15, -0.1) is 0 Å². The molecule has 0 radical (unpaired) electrons. The molecule has 2 aliphatic heterocycles. The second-order valence-corrected chi connectivity index (χ2v) is 9.28. The number of rotatable bonds is 7. The van der Waals surface area contributed by atoms with Crippen molar-refractivity contribution in [1.82, 2.24) is 19.2 Å². The van der Waals surface area contributed by atoms with E-state index in [0.717, 1.165) is 15.5 Å². The monoisotopic (exact) mass is 576 g/mol. The maximum atomic E-state index is 15.2. The number of aromatic carboxylic acids is 1. The number of carbonyl (C=O) groups is 3. The van der Waals surface area contributed by atoms with Crippen LogP contribution in [0, 0.1) is 5.82 Å². The fourth-order valence-electron chi connectivity index (χ4n) is 4.76. The summed E-state index contributed by atoms with van der Waals surface area (Å²) >= 11 is 0. The van der Waals surface area contributed by atoms with Crippen LogP contribution >= 0.6 is 0 Å². The highest BCUT2D eigenvalue weighted by Crippen LogP contribution is 2.28. The van der Waals surface area contributed by atoms with E-state index >= 15 is 4.39 Å². The fraction of sp³-hybridized carbons (Fsp3) is 0.320. The van der Waals surface area contributed by atoms with Gasteiger partial charge in [0.05, 0.1) is 48.8 Å². The first-order valence-electron chi connectivity index (χ1n) is 12.4. The number of carboxylic acid groups (broad SMARTS) is 1. The lowest BCUT2D eigenvalue weighted by Gasteiger charge is -2.23. The van der Waals surface area contributed by atoms with Gasteiger partial charge in [0.2, 0.25) is 0 Å². The predicted octanol–water partition coefficient (Wildman–Crippen LogP) is 0.865. The number of amides is 2. The Kier molecular flexibility index (Phi) is 7.30. The van der Waals surface area contributed by atoms with E-state index in [9.17, 15) is 32.8 Å². The molecule has 0 aliphatic carbocycles. The van der Waals surface area contributed by atoms with Crippen molar-refractivity contribution >= 4 is 29.3 Å². The van der Waals surface area contributed by atoms with Crippen molar-refractivity contribution in [1.29, 1.82) is 0 Å². The first kappa shape index (κ1) is 27.5. The molecule has 3 heterocycles. The van der Waals surface area contributed by atoms with Gasteiger partial charge >= 0.3 is 29.9 Å². The van der Waals surface area contributed by atoms with Crippen LogP contribution in [0.3, 0.4) is 0 Å². The van der Waals surface area contributed by atoms with Crippen molar-refractivity contribution < 1.29 is 37.4 Å². The smallest absolute Gasteiger partial charge is 0.414 e. The van der Waals surface area contributed by atoms with Crippen LogP contribution in [0.15, 0.2) is 52.1 Å². The Hall–Kier alpha value is -5.02. The molecule has 216 valence electrons. The Balaban J connectivity index is 1.29. The van der Waals surface area contributed by atoms with Gasteiger partial charge in [-0.3, -0.25) is 9.69 Å². The maximum absolute atomic E-state index is 15.2. The summed E-state index contributed by atoms with van der Waals surface area (Å²) in [6, 6.07) is 9.35. The molecule has 1 saturated heterocycles. The molecule has 16 heteroatoms. The lowest BCUT2D eigenvalue weighted by molar-refractivity contribution is -0.132. The second kappa shape index (κ2) is 10.9. The Morgan fingerprint density at radius 1 is 0.951 bits per heavy atom. The summed E-state index contributed by atoms with van der Waals surface area (Å²) in [6.07, 6.45) is -4.92. The summed E-state index contributed by atoms with van der Waals surface area (Å²) in [7, 11) is 0. The lowest BCUT2D eigenvalue weighted by Crippen LogP contribution is -2.37. The van der Waals surface area contributed by atoms with Crippen molar-refractivity contribution in [3.63, 3.8) is 0 Å². The van der Waals surface area contributed by atoms with Gasteiger partial charge < -0.3 is 20.1 Å². The van der Waals surface area contributed by atoms with Crippen LogP contribution in [0.5, 0.6) is 0 Å². The number of fused-ring (bicyclic) bond motifs is 1. The van der Waals surface area contributed by atoms with Gasteiger partial charge in [-0.2, -0.15) is 8.78 Å². The van der Waals surface area contributed by atoms with Crippen LogP contribution in [0.25, 0.3) is 5.69 Å². The average molecular weight is 576 g/mol. The van der Waals surface area contributed by atoms with Gasteiger partial charge in [-0.1, -0.05) is 0 Å². The molecule has 0 spiro atoms. The number of carboxylic acids is 1. The van der Waals surface area contributed by atoms with Gasteiger partial charge in [0, 0.05) is 13.1 Å². The molecule has 2 N–H and O–H groups in total. The van der Waals surface area contributed by atoms with Crippen molar-refractivity contribution in [2.24, 2.45) is 0 Å². The van der Waals surface area contributed by atoms with E-state index in [2.05, 4.69) is 0 Å². The number of nitrogens with zero attached hydrogens (tertiary/aromatic N) is 5. The number of benzene rings is 2. The van der Waals surface area contributed by atoms with E-state index in [4.69, 9.17) is 9.84 Å². The van der Waals surface area contributed by atoms with Crippen LogP contribution < -0.4 is 26.5 Å². The molecule has 2 amide bonds. The van der Waals surface area contributed by atoms with Crippen molar-refractivity contribution in [3.8, 4) is 5.69 Å². The molecule has 5 rings (SSSR count). The summed E-state index contributed by atoms with van der Waals surface area (Å²) < 4.78 is 48.5. The zero-order chi connectivity index (χ0) is 29.4. The van der Waals surface area contributed by atoms with Gasteiger partial charge in [0.15, 0.2) is 0 Å². The summed E-state index contributed by atoms with van der Waals surface area (Å²) in [5.74, 6) is -3.31. The lowest BCUT2D eigenvalue weighted by atomic mass is 10.2. The Labute approximate surface area is 228 Å². The number of cyclic esters (lactones) is 1. The van der Waals surface area contributed by atoms with Gasteiger partial charge in [-0.05, 0) is 42.5 Å². The van der Waals surface area contributed by atoms with Gasteiger partial charge in [0.25, 0.3) is 5.91 Å². The molecule has 2 aromatic carbocycles. The zero-order valence-corrected chi connectivity index (χ0v) is 21.2. The number of carbonyl (C=O) groups excluding carboxylic acids is 2. The number of alkyl halides is 2. The highest BCUT2D eigenvalue weighted by atomic mass is 19.3. The number of hydrogen-bond acceptors (Lipinski definition) is 7. The number of halogens is 3. The molecule has 1 unspecified atom stereocenters. The first-order valence-corrected chi connectivity index (χ1v) is 12.4. The molecule has 1 fully saturated rings. The van der Waals surface area contributed by atoms with Crippen LogP contribution in [0.4, 0.5) is 29.3 Å². The fourth-order valence-corrected chi connectivity index (χ4v) is 4.76. The summed E-state index contributed by atoms with van der Waals surface area (Å²) in [5.41, 5.74) is -0.689. The average Bonchev–Trinajstić information content (AvgIpc) is 3.31. The van der Waals surface area contributed by atoms with E-state index in [0.29, 0.717) is 0 Å². The molecule has 0 saturated carbocycles. The third-order valence-electron chi connectivity index (χ3n) is 6.81. The van der Waals surface area contributed by atoms with E-state index in [1.807, 2.05) is 5.32 Å². The van der Waals surface area contributed by atoms with E-state index in [1.165, 1.54) is 45.8 Å². The molecule has 13 nitrogen and oxygen atoms in total. The van der Waals surface area contributed by atoms with Crippen LogP contribution in [0.2, 0.25) is 0 Å². The highest BCUT2D eigenvalue weighted by molar-refractivity contribution is 5.90.